The van der Waals surface area contributed by atoms with Crippen molar-refractivity contribution in [3.63, 3.8) is 0 Å². The van der Waals surface area contributed by atoms with Crippen LogP contribution in [0.25, 0.3) is 0 Å². The summed E-state index contributed by atoms with van der Waals surface area (Å²) in [6, 6.07) is 2.18. The molecule has 4 unspecified atom stereocenters. The number of hydrogen-bond acceptors (Lipinski definition) is 8. The van der Waals surface area contributed by atoms with Gasteiger partial charge in [0.05, 0.1) is 45.1 Å². The average Bonchev–Trinajstić information content (AvgIpc) is 3.11. The molecule has 2 aliphatic heterocycles. The fourth-order valence-corrected chi connectivity index (χ4v) is 5.76. The molecule has 3 aliphatic rings. The number of anilines is 1. The molecule has 1 saturated carbocycles. The van der Waals surface area contributed by atoms with E-state index >= 15 is 0 Å². The standard InChI is InChI=1S/C27H37N3O6/c1-15(2)16-7-9-17(10-8-16)24(31)20-12-11-19-23(27(33)29(3)26(19)32)30(20)28-18-13-21(34-4)25(36-6)22(14-18)35-5/h11-14,16-17,19-20,23-24,28,31H,1,7-10H2,2-6H3. The molecule has 2 heterocycles. The van der Waals surface area contributed by atoms with Gasteiger partial charge in [-0.25, -0.2) is 5.01 Å². The van der Waals surface area contributed by atoms with Crippen molar-refractivity contribution in [3.05, 3.63) is 36.4 Å². The van der Waals surface area contributed by atoms with E-state index in [1.165, 1.54) is 34.0 Å². The van der Waals surface area contributed by atoms with Crippen LogP contribution in [-0.4, -0.2) is 73.4 Å². The maximum atomic E-state index is 13.2. The third-order valence-corrected chi connectivity index (χ3v) is 7.90. The molecule has 4 atom stereocenters. The SMILES string of the molecule is C=C(C)C1CCC(C(O)C2C=CC3C(=O)N(C)C(=O)C3N2Nc2cc(OC)c(OC)c(OC)c2)CC1. The molecule has 1 aromatic carbocycles. The zero-order valence-corrected chi connectivity index (χ0v) is 21.7. The van der Waals surface area contributed by atoms with Gasteiger partial charge in [0.15, 0.2) is 11.5 Å². The van der Waals surface area contributed by atoms with E-state index in [4.69, 9.17) is 14.2 Å². The first-order chi connectivity index (χ1) is 17.2. The van der Waals surface area contributed by atoms with Gasteiger partial charge in [0.2, 0.25) is 17.6 Å². The fraction of sp³-hybridized carbons (Fsp3) is 0.556. The molecule has 0 spiro atoms. The molecular weight excluding hydrogens is 462 g/mol. The highest BCUT2D eigenvalue weighted by molar-refractivity contribution is 6.08. The Bertz CT molecular complexity index is 1020. The number of carbonyl (C=O) groups excluding carboxylic acids is 2. The molecular formula is C27H37N3O6. The second-order valence-electron chi connectivity index (χ2n) is 9.96. The van der Waals surface area contributed by atoms with Crippen LogP contribution in [0.5, 0.6) is 17.2 Å². The first-order valence-corrected chi connectivity index (χ1v) is 12.4. The molecule has 2 N–H and O–H groups in total. The van der Waals surface area contributed by atoms with Gasteiger partial charge in [0.25, 0.3) is 0 Å². The van der Waals surface area contributed by atoms with Crippen LogP contribution in [0.1, 0.15) is 32.6 Å². The zero-order chi connectivity index (χ0) is 26.1. The van der Waals surface area contributed by atoms with Crippen LogP contribution in [0, 0.1) is 17.8 Å². The summed E-state index contributed by atoms with van der Waals surface area (Å²) in [5.74, 6) is 0.704. The maximum Gasteiger partial charge on any atom is 0.249 e. The summed E-state index contributed by atoms with van der Waals surface area (Å²) >= 11 is 0. The number of nitrogens with one attached hydrogen (secondary N) is 1. The van der Waals surface area contributed by atoms with Crippen molar-refractivity contribution in [1.29, 1.82) is 0 Å². The summed E-state index contributed by atoms with van der Waals surface area (Å²) in [7, 11) is 6.09. The highest BCUT2D eigenvalue weighted by Gasteiger charge is 2.53. The lowest BCUT2D eigenvalue weighted by atomic mass is 9.75. The Balaban J connectivity index is 1.67. The van der Waals surface area contributed by atoms with Crippen LogP contribution in [0.2, 0.25) is 0 Å². The van der Waals surface area contributed by atoms with E-state index in [-0.39, 0.29) is 17.7 Å². The van der Waals surface area contributed by atoms with Crippen molar-refractivity contribution in [1.82, 2.24) is 9.91 Å². The fourth-order valence-electron chi connectivity index (χ4n) is 5.76. The van der Waals surface area contributed by atoms with Crippen molar-refractivity contribution >= 4 is 17.5 Å². The predicted molar refractivity (Wildman–Crippen MR) is 136 cm³/mol. The van der Waals surface area contributed by atoms with E-state index in [2.05, 4.69) is 18.9 Å². The van der Waals surface area contributed by atoms with Crippen LogP contribution in [0.3, 0.4) is 0 Å². The summed E-state index contributed by atoms with van der Waals surface area (Å²) in [5.41, 5.74) is 5.08. The molecule has 36 heavy (non-hydrogen) atoms. The molecule has 0 radical (unpaired) electrons. The van der Waals surface area contributed by atoms with E-state index in [0.29, 0.717) is 28.9 Å². The monoisotopic (exact) mass is 499 g/mol. The summed E-state index contributed by atoms with van der Waals surface area (Å²) in [5, 5.41) is 13.3. The normalized spacial score (nSPS) is 29.1. The number of ether oxygens (including phenoxy) is 3. The third-order valence-electron chi connectivity index (χ3n) is 7.90. The number of likely N-dealkylation sites (tertiary alicyclic amines) is 1. The minimum Gasteiger partial charge on any atom is -0.493 e. The summed E-state index contributed by atoms with van der Waals surface area (Å²) < 4.78 is 16.4. The number of nitrogens with zero attached hydrogens (tertiary/aromatic N) is 2. The zero-order valence-electron chi connectivity index (χ0n) is 21.7. The van der Waals surface area contributed by atoms with Crippen LogP contribution >= 0.6 is 0 Å². The average molecular weight is 500 g/mol. The number of carbonyl (C=O) groups is 2. The quantitative estimate of drug-likeness (QED) is 0.416. The number of fused-ring (bicyclic) bond motifs is 1. The molecule has 2 amide bonds. The Labute approximate surface area is 212 Å². The molecule has 0 aromatic heterocycles. The van der Waals surface area contributed by atoms with Gasteiger partial charge in [-0.1, -0.05) is 24.3 Å². The topological polar surface area (TPSA) is 101 Å². The second-order valence-corrected chi connectivity index (χ2v) is 9.96. The van der Waals surface area contributed by atoms with Crippen molar-refractivity contribution in [3.8, 4) is 17.2 Å². The van der Waals surface area contributed by atoms with Crippen molar-refractivity contribution in [2.75, 3.05) is 33.8 Å². The van der Waals surface area contributed by atoms with Gasteiger partial charge in [0, 0.05) is 19.2 Å². The van der Waals surface area contributed by atoms with Crippen LogP contribution in [0.4, 0.5) is 5.69 Å². The summed E-state index contributed by atoms with van der Waals surface area (Å²) in [6.45, 7) is 6.16. The number of hydrogen-bond donors (Lipinski definition) is 2. The van der Waals surface area contributed by atoms with Gasteiger partial charge in [0.1, 0.15) is 6.04 Å². The smallest absolute Gasteiger partial charge is 0.249 e. The van der Waals surface area contributed by atoms with E-state index in [1.807, 2.05) is 6.08 Å². The van der Waals surface area contributed by atoms with E-state index in [1.54, 1.807) is 23.2 Å². The number of rotatable bonds is 8. The molecule has 1 saturated heterocycles. The van der Waals surface area contributed by atoms with Gasteiger partial charge in [-0.2, -0.15) is 0 Å². The van der Waals surface area contributed by atoms with Crippen molar-refractivity contribution in [2.45, 2.75) is 50.8 Å². The van der Waals surface area contributed by atoms with Crippen LogP contribution in [0.15, 0.2) is 36.4 Å². The maximum absolute atomic E-state index is 13.2. The van der Waals surface area contributed by atoms with Gasteiger partial charge in [-0.05, 0) is 44.4 Å². The van der Waals surface area contributed by atoms with E-state index < -0.39 is 24.1 Å². The Kier molecular flexibility index (Phi) is 7.61. The lowest BCUT2D eigenvalue weighted by molar-refractivity contribution is -0.138. The molecule has 1 aromatic rings. The summed E-state index contributed by atoms with van der Waals surface area (Å²) in [6.07, 6.45) is 6.63. The highest BCUT2D eigenvalue weighted by Crippen LogP contribution is 2.42. The van der Waals surface area contributed by atoms with E-state index in [0.717, 1.165) is 30.6 Å². The minimum absolute atomic E-state index is 0.0703. The van der Waals surface area contributed by atoms with Gasteiger partial charge in [-0.3, -0.25) is 14.5 Å². The third kappa shape index (κ3) is 4.57. The first-order valence-electron chi connectivity index (χ1n) is 12.4. The molecule has 196 valence electrons. The van der Waals surface area contributed by atoms with Gasteiger partial charge < -0.3 is 24.7 Å². The molecule has 9 nitrogen and oxygen atoms in total. The number of methoxy groups -OCH3 is 3. The Morgan fingerprint density at radius 3 is 2.17 bits per heavy atom. The number of aliphatic hydroxyl groups is 1. The molecule has 9 heteroatoms. The van der Waals surface area contributed by atoms with Gasteiger partial charge in [-0.15, -0.1) is 0 Å². The minimum atomic E-state index is -0.780. The largest absolute Gasteiger partial charge is 0.493 e. The lowest BCUT2D eigenvalue weighted by Gasteiger charge is -2.43. The number of amides is 2. The Morgan fingerprint density at radius 2 is 1.64 bits per heavy atom. The molecule has 2 fully saturated rings. The number of aliphatic hydroxyl groups excluding tert-OH is 1. The van der Waals surface area contributed by atoms with Crippen LogP contribution in [-0.2, 0) is 9.59 Å². The second kappa shape index (κ2) is 10.5. The van der Waals surface area contributed by atoms with Gasteiger partial charge >= 0.3 is 0 Å². The summed E-state index contributed by atoms with van der Waals surface area (Å²) in [4.78, 5) is 27.1. The van der Waals surface area contributed by atoms with Crippen LogP contribution < -0.4 is 19.6 Å². The lowest BCUT2D eigenvalue weighted by Crippen LogP contribution is -2.58. The number of likely N-dealkylation sites (N-methyl/N-ethyl adjacent to an activating group) is 1. The number of imide groups is 1. The molecule has 0 bridgehead atoms. The molecule has 4 rings (SSSR count). The number of hydrazine groups is 1. The molecule has 1 aliphatic carbocycles. The van der Waals surface area contributed by atoms with Crippen molar-refractivity contribution < 1.29 is 28.9 Å². The highest BCUT2D eigenvalue weighted by atomic mass is 16.5. The van der Waals surface area contributed by atoms with Crippen molar-refractivity contribution in [2.24, 2.45) is 17.8 Å². The number of benzene rings is 1. The predicted octanol–water partition coefficient (Wildman–Crippen LogP) is 3.01. The first kappa shape index (κ1) is 26.0. The van der Waals surface area contributed by atoms with E-state index in [9.17, 15) is 14.7 Å². The number of allylic oxidation sites excluding steroid dienone is 1. The Morgan fingerprint density at radius 1 is 1.03 bits per heavy atom. The Hall–Kier alpha value is -3.04.